The number of benzene rings is 1. The smallest absolute Gasteiger partial charge is 0.334 e. The first-order valence-corrected chi connectivity index (χ1v) is 11.1. The van der Waals surface area contributed by atoms with E-state index < -0.39 is 5.60 Å². The van der Waals surface area contributed by atoms with E-state index in [2.05, 4.69) is 33.8 Å². The molecule has 0 saturated carbocycles. The number of esters is 1. The molecular weight excluding hydrogens is 380 g/mol. The summed E-state index contributed by atoms with van der Waals surface area (Å²) in [6, 6.07) is 7.20. The molecule has 1 unspecified atom stereocenters. The van der Waals surface area contributed by atoms with E-state index in [1.165, 1.54) is 0 Å². The molecule has 2 rings (SSSR count). The van der Waals surface area contributed by atoms with Crippen molar-refractivity contribution in [1.29, 1.82) is 0 Å². The average molecular weight is 419 g/mol. The van der Waals surface area contributed by atoms with Gasteiger partial charge in [-0.1, -0.05) is 33.8 Å². The summed E-state index contributed by atoms with van der Waals surface area (Å²) in [5.41, 5.74) is -0.273. The van der Waals surface area contributed by atoms with Crippen molar-refractivity contribution in [3.05, 3.63) is 35.9 Å². The zero-order chi connectivity index (χ0) is 22.1. The first kappa shape index (κ1) is 24.3. The van der Waals surface area contributed by atoms with Crippen molar-refractivity contribution >= 4 is 5.97 Å². The number of aliphatic hydroxyl groups excluding tert-OH is 1. The Labute approximate surface area is 181 Å². The summed E-state index contributed by atoms with van der Waals surface area (Å²) in [6.07, 6.45) is 6.43. The van der Waals surface area contributed by atoms with Crippen LogP contribution in [0.4, 0.5) is 0 Å². The minimum absolute atomic E-state index is 0.123. The van der Waals surface area contributed by atoms with Gasteiger partial charge in [0.2, 0.25) is 0 Å². The maximum absolute atomic E-state index is 12.6. The zero-order valence-electron chi connectivity index (χ0n) is 19.1. The van der Waals surface area contributed by atoms with Crippen LogP contribution in [-0.4, -0.2) is 37.0 Å². The fourth-order valence-corrected chi connectivity index (χ4v) is 4.04. The third-order valence-electron chi connectivity index (χ3n) is 5.58. The Morgan fingerprint density at radius 2 is 1.70 bits per heavy atom. The maximum Gasteiger partial charge on any atom is 0.334 e. The topological polar surface area (TPSA) is 65.0 Å². The van der Waals surface area contributed by atoms with Crippen LogP contribution < -0.4 is 9.47 Å². The maximum atomic E-state index is 12.6. The van der Waals surface area contributed by atoms with Crippen molar-refractivity contribution in [2.75, 3.05) is 20.3 Å². The number of hydrogen-bond acceptors (Lipinski definition) is 5. The lowest BCUT2D eigenvalue weighted by Gasteiger charge is -2.35. The van der Waals surface area contributed by atoms with Gasteiger partial charge in [0.05, 0.1) is 13.7 Å². The Morgan fingerprint density at radius 3 is 2.20 bits per heavy atom. The standard InChI is InChI=1S/C25H38O5/c1-18(2)14-20(15-19(3)4)6-7-21-12-13-25(16-26,30-24(21)27)17-29-23-10-8-22(28-5)9-11-23/h7-11,18-20,26H,6,12-17H2,1-5H3/b21-7+. The molecule has 30 heavy (non-hydrogen) atoms. The van der Waals surface area contributed by atoms with Crippen LogP contribution in [-0.2, 0) is 9.53 Å². The van der Waals surface area contributed by atoms with E-state index in [-0.39, 0.29) is 19.2 Å². The number of carbonyl (C=O) groups is 1. The highest BCUT2D eigenvalue weighted by Crippen LogP contribution is 2.32. The summed E-state index contributed by atoms with van der Waals surface area (Å²) in [5.74, 6) is 2.91. The van der Waals surface area contributed by atoms with E-state index in [0.717, 1.165) is 30.6 Å². The Morgan fingerprint density at radius 1 is 1.10 bits per heavy atom. The highest BCUT2D eigenvalue weighted by atomic mass is 16.6. The molecule has 5 nitrogen and oxygen atoms in total. The van der Waals surface area contributed by atoms with Gasteiger partial charge in [-0.25, -0.2) is 4.79 Å². The lowest BCUT2D eigenvalue weighted by atomic mass is 9.85. The molecule has 1 N–H and O–H groups in total. The van der Waals surface area contributed by atoms with Crippen molar-refractivity contribution in [3.63, 3.8) is 0 Å². The first-order valence-electron chi connectivity index (χ1n) is 11.1. The van der Waals surface area contributed by atoms with Crippen LogP contribution in [0.2, 0.25) is 0 Å². The van der Waals surface area contributed by atoms with Crippen molar-refractivity contribution in [1.82, 2.24) is 0 Å². The molecular formula is C25H38O5. The molecule has 0 radical (unpaired) electrons. The average Bonchev–Trinajstić information content (AvgIpc) is 2.71. The molecule has 1 aromatic rings. The van der Waals surface area contributed by atoms with Gasteiger partial charge in [-0.2, -0.15) is 0 Å². The molecule has 1 heterocycles. The number of cyclic esters (lactones) is 1. The van der Waals surface area contributed by atoms with Crippen LogP contribution >= 0.6 is 0 Å². The fraction of sp³-hybridized carbons (Fsp3) is 0.640. The van der Waals surface area contributed by atoms with Gasteiger partial charge in [-0.3, -0.25) is 0 Å². The van der Waals surface area contributed by atoms with Gasteiger partial charge in [0.15, 0.2) is 5.60 Å². The fourth-order valence-electron chi connectivity index (χ4n) is 4.04. The normalized spacial score (nSPS) is 20.8. The molecule has 1 aliphatic heterocycles. The summed E-state index contributed by atoms with van der Waals surface area (Å²) >= 11 is 0. The van der Waals surface area contributed by atoms with Crippen LogP contribution in [0.3, 0.4) is 0 Å². The number of methoxy groups -OCH3 is 1. The molecule has 0 bridgehead atoms. The van der Waals surface area contributed by atoms with E-state index in [0.29, 0.717) is 36.3 Å². The number of allylic oxidation sites excluding steroid dienone is 1. The molecule has 1 saturated heterocycles. The first-order chi connectivity index (χ1) is 14.3. The number of ether oxygens (including phenoxy) is 3. The number of aliphatic hydroxyl groups is 1. The monoisotopic (exact) mass is 418 g/mol. The molecule has 1 fully saturated rings. The van der Waals surface area contributed by atoms with E-state index >= 15 is 0 Å². The summed E-state index contributed by atoms with van der Waals surface area (Å²) in [6.45, 7) is 8.84. The van der Waals surface area contributed by atoms with E-state index in [9.17, 15) is 9.90 Å². The summed E-state index contributed by atoms with van der Waals surface area (Å²) in [7, 11) is 1.61. The van der Waals surface area contributed by atoms with Crippen molar-refractivity contribution in [2.45, 2.75) is 65.4 Å². The minimum atomic E-state index is -0.996. The molecule has 0 amide bonds. The highest BCUT2D eigenvalue weighted by Gasteiger charge is 2.40. The van der Waals surface area contributed by atoms with Crippen molar-refractivity contribution < 1.29 is 24.1 Å². The van der Waals surface area contributed by atoms with Gasteiger partial charge in [0, 0.05) is 5.57 Å². The van der Waals surface area contributed by atoms with E-state index in [4.69, 9.17) is 14.2 Å². The molecule has 1 aliphatic rings. The highest BCUT2D eigenvalue weighted by molar-refractivity contribution is 5.89. The number of hydrogen-bond donors (Lipinski definition) is 1. The van der Waals surface area contributed by atoms with Gasteiger partial charge >= 0.3 is 5.97 Å². The van der Waals surface area contributed by atoms with Gasteiger partial charge in [-0.05, 0) is 74.1 Å². The predicted octanol–water partition coefficient (Wildman–Crippen LogP) is 5.17. The second-order valence-electron chi connectivity index (χ2n) is 9.29. The summed E-state index contributed by atoms with van der Waals surface area (Å²) in [5, 5.41) is 9.93. The lowest BCUT2D eigenvalue weighted by Crippen LogP contribution is -2.47. The van der Waals surface area contributed by atoms with E-state index in [1.54, 1.807) is 31.4 Å². The molecule has 0 spiro atoms. The number of rotatable bonds is 11. The van der Waals surface area contributed by atoms with Gasteiger partial charge < -0.3 is 19.3 Å². The molecule has 0 aliphatic carbocycles. The van der Waals surface area contributed by atoms with Crippen LogP contribution in [0.5, 0.6) is 11.5 Å². The Kier molecular flexibility index (Phi) is 9.22. The zero-order valence-corrected chi connectivity index (χ0v) is 19.1. The molecule has 1 aromatic carbocycles. The van der Waals surface area contributed by atoms with Crippen molar-refractivity contribution in [3.8, 4) is 11.5 Å². The molecule has 168 valence electrons. The summed E-state index contributed by atoms with van der Waals surface area (Å²) < 4.78 is 16.6. The van der Waals surface area contributed by atoms with E-state index in [1.807, 2.05) is 0 Å². The van der Waals surface area contributed by atoms with Gasteiger partial charge in [0.1, 0.15) is 18.1 Å². The number of carbonyl (C=O) groups excluding carboxylic acids is 1. The second-order valence-corrected chi connectivity index (χ2v) is 9.29. The summed E-state index contributed by atoms with van der Waals surface area (Å²) in [4.78, 5) is 12.6. The third-order valence-corrected chi connectivity index (χ3v) is 5.58. The Balaban J connectivity index is 1.96. The molecule has 0 aromatic heterocycles. The SMILES string of the molecule is COc1ccc(OCC2(CO)CC/C(=C\CC(CC(C)C)CC(C)C)C(=O)O2)cc1. The minimum Gasteiger partial charge on any atom is -0.497 e. The quantitative estimate of drug-likeness (QED) is 0.397. The van der Waals surface area contributed by atoms with Crippen LogP contribution in [0, 0.1) is 17.8 Å². The second kappa shape index (κ2) is 11.4. The molecule has 5 heteroatoms. The third kappa shape index (κ3) is 7.35. The Bertz CT molecular complexity index is 682. The van der Waals surface area contributed by atoms with Gasteiger partial charge in [-0.15, -0.1) is 0 Å². The molecule has 1 atom stereocenters. The lowest BCUT2D eigenvalue weighted by molar-refractivity contribution is -0.170. The van der Waals surface area contributed by atoms with Crippen LogP contribution in [0.15, 0.2) is 35.9 Å². The predicted molar refractivity (Wildman–Crippen MR) is 119 cm³/mol. The Hall–Kier alpha value is -2.01. The van der Waals surface area contributed by atoms with Gasteiger partial charge in [0.25, 0.3) is 0 Å². The van der Waals surface area contributed by atoms with Crippen molar-refractivity contribution in [2.24, 2.45) is 17.8 Å². The van der Waals surface area contributed by atoms with Crippen LogP contribution in [0.1, 0.15) is 59.8 Å². The largest absolute Gasteiger partial charge is 0.497 e. The van der Waals surface area contributed by atoms with Crippen LogP contribution in [0.25, 0.3) is 0 Å².